The molecule has 0 bridgehead atoms. The molecule has 0 aliphatic carbocycles. The Hall–Kier alpha value is -5.88. The van der Waals surface area contributed by atoms with Crippen LogP contribution in [0.5, 0.6) is 0 Å². The van der Waals surface area contributed by atoms with Crippen LogP contribution in [0, 0.1) is 0 Å². The highest BCUT2D eigenvalue weighted by Crippen LogP contribution is 2.33. The summed E-state index contributed by atoms with van der Waals surface area (Å²) in [6.45, 7) is 6.57. The highest BCUT2D eigenvalue weighted by Gasteiger charge is 2.17. The van der Waals surface area contributed by atoms with E-state index in [2.05, 4.69) is 104 Å². The lowest BCUT2D eigenvalue weighted by atomic mass is 9.91. The first-order valence-corrected chi connectivity index (χ1v) is 15.4. The van der Waals surface area contributed by atoms with E-state index in [1.54, 1.807) is 12.4 Å². The molecule has 8 rings (SSSR count). The number of benzene rings is 3. The topological polar surface area (TPSA) is 77.3 Å². The number of hydrogen-bond acceptors (Lipinski definition) is 6. The van der Waals surface area contributed by atoms with Crippen LogP contribution in [-0.4, -0.2) is 29.9 Å². The van der Waals surface area contributed by atoms with Crippen LogP contribution in [0.1, 0.15) is 26.5 Å². The van der Waals surface area contributed by atoms with Gasteiger partial charge in [0.2, 0.25) is 0 Å². The van der Waals surface area contributed by atoms with Gasteiger partial charge in [-0.1, -0.05) is 87.5 Å². The molecule has 0 fully saturated rings. The van der Waals surface area contributed by atoms with Gasteiger partial charge in [-0.2, -0.15) is 0 Å². The Balaban J connectivity index is 1.19. The fourth-order valence-corrected chi connectivity index (χ4v) is 5.80. The number of pyridine rings is 4. The molecule has 0 aliphatic rings. The van der Waals surface area contributed by atoms with Gasteiger partial charge < -0.3 is 0 Å². The van der Waals surface area contributed by atoms with Gasteiger partial charge >= 0.3 is 0 Å². The number of nitrogens with zero attached hydrogens (tertiary/aromatic N) is 6. The molecule has 8 aromatic rings. The molecule has 6 nitrogen and oxygen atoms in total. The maximum Gasteiger partial charge on any atom is 0.179 e. The van der Waals surface area contributed by atoms with Gasteiger partial charge in [0.05, 0.1) is 27.9 Å². The Morgan fingerprint density at radius 2 is 1.11 bits per heavy atom. The Kier molecular flexibility index (Phi) is 6.57. The van der Waals surface area contributed by atoms with Crippen LogP contribution in [0.3, 0.4) is 0 Å². The average Bonchev–Trinajstić information content (AvgIpc) is 3.11. The van der Waals surface area contributed by atoms with Crippen LogP contribution in [-0.2, 0) is 5.41 Å². The normalized spacial score (nSPS) is 11.8. The van der Waals surface area contributed by atoms with Crippen molar-refractivity contribution in [2.45, 2.75) is 26.2 Å². The fourth-order valence-electron chi connectivity index (χ4n) is 5.80. The third-order valence-corrected chi connectivity index (χ3v) is 8.30. The zero-order chi connectivity index (χ0) is 31.3. The van der Waals surface area contributed by atoms with E-state index in [0.717, 1.165) is 77.9 Å². The summed E-state index contributed by atoms with van der Waals surface area (Å²) in [7, 11) is 0. The van der Waals surface area contributed by atoms with E-state index in [0.29, 0.717) is 5.82 Å². The van der Waals surface area contributed by atoms with Gasteiger partial charge in [-0.15, -0.1) is 0 Å². The first-order chi connectivity index (χ1) is 22.4. The lowest BCUT2D eigenvalue weighted by molar-refractivity contribution is 0.571. The van der Waals surface area contributed by atoms with Crippen LogP contribution in [0.25, 0.3) is 78.0 Å². The molecule has 46 heavy (non-hydrogen) atoms. The van der Waals surface area contributed by atoms with Gasteiger partial charge in [0.1, 0.15) is 11.4 Å². The predicted molar refractivity (Wildman–Crippen MR) is 186 cm³/mol. The first-order valence-electron chi connectivity index (χ1n) is 15.4. The smallest absolute Gasteiger partial charge is 0.179 e. The molecule has 3 aromatic carbocycles. The van der Waals surface area contributed by atoms with Crippen LogP contribution in [0.4, 0.5) is 0 Å². The van der Waals surface area contributed by atoms with Crippen molar-refractivity contribution in [2.75, 3.05) is 0 Å². The lowest BCUT2D eigenvalue weighted by Crippen LogP contribution is -2.13. The third kappa shape index (κ3) is 5.04. The van der Waals surface area contributed by atoms with Crippen molar-refractivity contribution in [3.63, 3.8) is 0 Å². The first kappa shape index (κ1) is 27.7. The van der Waals surface area contributed by atoms with Crippen molar-refractivity contribution in [2.24, 2.45) is 0 Å². The van der Waals surface area contributed by atoms with E-state index in [-0.39, 0.29) is 5.41 Å². The molecule has 0 saturated carbocycles. The van der Waals surface area contributed by atoms with Crippen molar-refractivity contribution in [1.29, 1.82) is 0 Å². The largest absolute Gasteiger partial charge is 0.255 e. The summed E-state index contributed by atoms with van der Waals surface area (Å²) in [5, 5.41) is 3.11. The van der Waals surface area contributed by atoms with Gasteiger partial charge in [-0.25, -0.2) is 19.9 Å². The monoisotopic (exact) mass is 594 g/mol. The van der Waals surface area contributed by atoms with Gasteiger partial charge in [0.15, 0.2) is 5.82 Å². The lowest BCUT2D eigenvalue weighted by Gasteiger charge is -2.18. The molecule has 0 saturated heterocycles. The maximum absolute atomic E-state index is 5.13. The molecule has 5 heterocycles. The zero-order valence-corrected chi connectivity index (χ0v) is 25.8. The summed E-state index contributed by atoms with van der Waals surface area (Å²) in [4.78, 5) is 29.1. The second kappa shape index (κ2) is 10.9. The minimum atomic E-state index is -0.0432. The van der Waals surface area contributed by atoms with E-state index >= 15 is 0 Å². The standard InChI is InChI=1S/C40H30N6/c1-40(2,3)35-21-18-28-15-14-27-16-19-31(43-36(27)37(28)45-35)26-12-10-25(11-13-26)29-17-20-32-30(24-29)38(33-8-4-6-22-41-33)46-39(44-32)34-9-5-7-23-42-34/h4-24H,1-3H3. The Morgan fingerprint density at radius 1 is 0.478 bits per heavy atom. The minimum absolute atomic E-state index is 0.0432. The zero-order valence-electron chi connectivity index (χ0n) is 25.8. The van der Waals surface area contributed by atoms with Gasteiger partial charge in [-0.3, -0.25) is 9.97 Å². The highest BCUT2D eigenvalue weighted by molar-refractivity contribution is 6.03. The SMILES string of the molecule is CC(C)(C)c1ccc2ccc3ccc(-c4ccc(-c5ccc6nc(-c7ccccn7)nc(-c7ccccn7)c6c5)cc4)nc3c2n1. The number of fused-ring (bicyclic) bond motifs is 4. The summed E-state index contributed by atoms with van der Waals surface area (Å²) in [5.41, 5.74) is 10.1. The van der Waals surface area contributed by atoms with Gasteiger partial charge in [0.25, 0.3) is 0 Å². The summed E-state index contributed by atoms with van der Waals surface area (Å²) < 4.78 is 0. The summed E-state index contributed by atoms with van der Waals surface area (Å²) >= 11 is 0. The molecule has 220 valence electrons. The fraction of sp³-hybridized carbons (Fsp3) is 0.100. The van der Waals surface area contributed by atoms with E-state index in [1.807, 2.05) is 42.5 Å². The number of rotatable bonds is 4. The Morgan fingerprint density at radius 3 is 1.80 bits per heavy atom. The maximum atomic E-state index is 5.13. The highest BCUT2D eigenvalue weighted by atomic mass is 14.9. The van der Waals surface area contributed by atoms with E-state index in [4.69, 9.17) is 19.9 Å². The Bertz CT molecular complexity index is 2380. The molecule has 0 aliphatic heterocycles. The van der Waals surface area contributed by atoms with Crippen molar-refractivity contribution >= 4 is 32.7 Å². The second-order valence-electron chi connectivity index (χ2n) is 12.5. The molecule has 0 radical (unpaired) electrons. The van der Waals surface area contributed by atoms with Crippen LogP contribution >= 0.6 is 0 Å². The molecule has 0 unspecified atom stereocenters. The number of aromatic nitrogens is 6. The summed E-state index contributed by atoms with van der Waals surface area (Å²) in [5.74, 6) is 0.575. The molecular weight excluding hydrogens is 564 g/mol. The Labute approximate surface area is 266 Å². The van der Waals surface area contributed by atoms with Crippen molar-refractivity contribution in [1.82, 2.24) is 29.9 Å². The minimum Gasteiger partial charge on any atom is -0.255 e. The average molecular weight is 595 g/mol. The molecule has 0 atom stereocenters. The molecule has 5 aromatic heterocycles. The quantitative estimate of drug-likeness (QED) is 0.189. The molecule has 6 heteroatoms. The molecule has 0 N–H and O–H groups in total. The van der Waals surface area contributed by atoms with E-state index < -0.39 is 0 Å². The van der Waals surface area contributed by atoms with E-state index in [1.165, 1.54) is 0 Å². The van der Waals surface area contributed by atoms with Crippen LogP contribution < -0.4 is 0 Å². The summed E-state index contributed by atoms with van der Waals surface area (Å²) in [6.07, 6.45) is 3.54. The molecular formula is C40H30N6. The third-order valence-electron chi connectivity index (χ3n) is 8.30. The van der Waals surface area contributed by atoms with Gasteiger partial charge in [-0.05, 0) is 59.7 Å². The molecule has 0 spiro atoms. The van der Waals surface area contributed by atoms with Crippen molar-refractivity contribution in [3.8, 4) is 45.3 Å². The summed E-state index contributed by atoms with van der Waals surface area (Å²) in [6, 6.07) is 39.2. The van der Waals surface area contributed by atoms with Crippen LogP contribution in [0.15, 0.2) is 128 Å². The van der Waals surface area contributed by atoms with Crippen LogP contribution in [0.2, 0.25) is 0 Å². The second-order valence-corrected chi connectivity index (χ2v) is 12.5. The van der Waals surface area contributed by atoms with Crippen molar-refractivity contribution in [3.05, 3.63) is 133 Å². The number of hydrogen-bond donors (Lipinski definition) is 0. The van der Waals surface area contributed by atoms with E-state index in [9.17, 15) is 0 Å². The predicted octanol–water partition coefficient (Wildman–Crippen LogP) is 9.48. The van der Waals surface area contributed by atoms with Gasteiger partial charge in [0, 0.05) is 45.2 Å². The van der Waals surface area contributed by atoms with Crippen molar-refractivity contribution < 1.29 is 0 Å². The molecule has 0 amide bonds.